The van der Waals surface area contributed by atoms with Gasteiger partial charge in [-0.1, -0.05) is 24.3 Å². The minimum atomic E-state index is -1.19. The molecule has 46 heavy (non-hydrogen) atoms. The first-order chi connectivity index (χ1) is 21.4. The molecule has 0 aliphatic carbocycles. The molecule has 1 fully saturated rings. The molecule has 0 bridgehead atoms. The number of hydrogen-bond donors (Lipinski definition) is 7. The minimum absolute atomic E-state index is 0. The zero-order valence-corrected chi connectivity index (χ0v) is 25.6. The monoisotopic (exact) mass is 658 g/mol. The highest BCUT2D eigenvalue weighted by atomic mass is 35.5. The van der Waals surface area contributed by atoms with Crippen molar-refractivity contribution in [2.24, 2.45) is 5.73 Å². The number of nitrogens with two attached hydrogens (primary N) is 1. The van der Waals surface area contributed by atoms with E-state index in [-0.39, 0.29) is 68.0 Å². The SMILES string of the molecule is COC(=O)NC(=N)c1ccc(C(=O)NCC(=O)N2CCN(CC(=O)O)C(=O)[C@@H]2CCCNC(=O)c2ccc(C(=N)N)cc2)cc1.Cl. The van der Waals surface area contributed by atoms with E-state index in [1.807, 2.05) is 0 Å². The van der Waals surface area contributed by atoms with Crippen LogP contribution in [0, 0.1) is 10.8 Å². The van der Waals surface area contributed by atoms with Crippen molar-refractivity contribution >= 4 is 59.8 Å². The average Bonchev–Trinajstić information content (AvgIpc) is 3.02. The Bertz CT molecular complexity index is 1480. The summed E-state index contributed by atoms with van der Waals surface area (Å²) in [6, 6.07) is 10.8. The van der Waals surface area contributed by atoms with Gasteiger partial charge in [-0.3, -0.25) is 40.1 Å². The summed E-state index contributed by atoms with van der Waals surface area (Å²) in [5.74, 6) is -3.62. The topological polar surface area (TPSA) is 248 Å². The van der Waals surface area contributed by atoms with Crippen LogP contribution in [0.15, 0.2) is 48.5 Å². The number of benzene rings is 2. The average molecular weight is 659 g/mol. The summed E-state index contributed by atoms with van der Waals surface area (Å²) in [5.41, 5.74) is 6.75. The number of aliphatic carboxylic acids is 1. The summed E-state index contributed by atoms with van der Waals surface area (Å²) in [6.45, 7) is -0.740. The molecule has 0 unspecified atom stereocenters. The Kier molecular flexibility index (Phi) is 13.6. The lowest BCUT2D eigenvalue weighted by atomic mass is 10.0. The summed E-state index contributed by atoms with van der Waals surface area (Å²) < 4.78 is 4.44. The molecule has 3 rings (SSSR count). The van der Waals surface area contributed by atoms with Crippen molar-refractivity contribution in [2.75, 3.05) is 39.8 Å². The van der Waals surface area contributed by atoms with Crippen LogP contribution < -0.4 is 21.7 Å². The van der Waals surface area contributed by atoms with E-state index in [2.05, 4.69) is 20.7 Å². The predicted octanol–water partition coefficient (Wildman–Crippen LogP) is 0.138. The van der Waals surface area contributed by atoms with Gasteiger partial charge in [0.1, 0.15) is 24.3 Å². The molecule has 1 saturated heterocycles. The third kappa shape index (κ3) is 10.0. The second-order valence-electron chi connectivity index (χ2n) is 9.90. The van der Waals surface area contributed by atoms with Crippen molar-refractivity contribution in [1.29, 1.82) is 10.8 Å². The highest BCUT2D eigenvalue weighted by molar-refractivity contribution is 6.05. The smallest absolute Gasteiger partial charge is 0.412 e. The Hall–Kier alpha value is -5.51. The Labute approximate surface area is 270 Å². The summed E-state index contributed by atoms with van der Waals surface area (Å²) in [7, 11) is 1.16. The summed E-state index contributed by atoms with van der Waals surface area (Å²) in [5, 5.41) is 31.9. The second-order valence-corrected chi connectivity index (χ2v) is 9.90. The van der Waals surface area contributed by atoms with Gasteiger partial charge in [0.25, 0.3) is 11.8 Å². The molecule has 1 aliphatic heterocycles. The molecular formula is C29H35ClN8O8. The molecule has 1 aliphatic rings. The van der Waals surface area contributed by atoms with Gasteiger partial charge >= 0.3 is 12.1 Å². The number of carboxylic acids is 1. The number of hydrogen-bond acceptors (Lipinski definition) is 9. The van der Waals surface area contributed by atoms with Crippen LogP contribution in [0.5, 0.6) is 0 Å². The van der Waals surface area contributed by atoms with Crippen molar-refractivity contribution in [2.45, 2.75) is 18.9 Å². The van der Waals surface area contributed by atoms with Gasteiger partial charge in [-0.25, -0.2) is 4.79 Å². The summed E-state index contributed by atoms with van der Waals surface area (Å²) in [6.07, 6.45) is -0.398. The highest BCUT2D eigenvalue weighted by Crippen LogP contribution is 2.17. The Morgan fingerprint density at radius 1 is 0.913 bits per heavy atom. The molecule has 246 valence electrons. The number of nitrogen functional groups attached to an aromatic ring is 1. The van der Waals surface area contributed by atoms with Gasteiger partial charge in [-0.05, 0) is 37.1 Å². The lowest BCUT2D eigenvalue weighted by Gasteiger charge is -2.40. The molecule has 5 amide bonds. The van der Waals surface area contributed by atoms with Gasteiger partial charge in [0.2, 0.25) is 11.8 Å². The van der Waals surface area contributed by atoms with E-state index < -0.39 is 48.9 Å². The first-order valence-corrected chi connectivity index (χ1v) is 13.8. The van der Waals surface area contributed by atoms with Crippen LogP contribution in [-0.4, -0.2) is 108 Å². The van der Waals surface area contributed by atoms with Crippen LogP contribution in [-0.2, 0) is 19.1 Å². The van der Waals surface area contributed by atoms with Crippen LogP contribution >= 0.6 is 12.4 Å². The zero-order chi connectivity index (χ0) is 33.1. The number of alkyl carbamates (subject to hydrolysis) is 1. The number of methoxy groups -OCH3 is 1. The number of nitrogens with one attached hydrogen (secondary N) is 5. The van der Waals surface area contributed by atoms with Crippen LogP contribution in [0.4, 0.5) is 4.79 Å². The molecule has 17 heteroatoms. The van der Waals surface area contributed by atoms with Crippen LogP contribution in [0.25, 0.3) is 0 Å². The number of carbonyl (C=O) groups is 6. The zero-order valence-electron chi connectivity index (χ0n) is 24.8. The maximum atomic E-state index is 13.2. The van der Waals surface area contributed by atoms with Crippen molar-refractivity contribution < 1.29 is 38.6 Å². The molecule has 0 spiro atoms. The standard InChI is InChI=1S/C29H34N8O8.ClH/c1-45-29(44)35-25(32)18-6-10-20(11-7-18)27(42)34-15-22(38)37-14-13-36(16-23(39)40)28(43)21(37)3-2-12-33-26(41)19-8-4-17(5-9-19)24(30)31;/h4-11,21H,2-3,12-16H2,1H3,(H3,30,31)(H,33,41)(H,34,42)(H,39,40)(H2,32,35,44);1H/t21-;/m0./s1. The van der Waals surface area contributed by atoms with Gasteiger partial charge < -0.3 is 36.0 Å². The molecule has 2 aromatic rings. The normalized spacial score (nSPS) is 13.9. The van der Waals surface area contributed by atoms with E-state index in [0.717, 1.165) is 12.0 Å². The predicted molar refractivity (Wildman–Crippen MR) is 167 cm³/mol. The Balaban J connectivity index is 0.00000736. The van der Waals surface area contributed by atoms with Gasteiger partial charge in [-0.2, -0.15) is 0 Å². The molecule has 2 aromatic carbocycles. The Morgan fingerprint density at radius 2 is 1.46 bits per heavy atom. The van der Waals surface area contributed by atoms with Crippen molar-refractivity contribution in [1.82, 2.24) is 25.8 Å². The minimum Gasteiger partial charge on any atom is -0.480 e. The highest BCUT2D eigenvalue weighted by Gasteiger charge is 2.37. The first-order valence-electron chi connectivity index (χ1n) is 13.8. The van der Waals surface area contributed by atoms with Crippen molar-refractivity contribution in [3.63, 3.8) is 0 Å². The number of carbonyl (C=O) groups excluding carboxylic acids is 5. The van der Waals surface area contributed by atoms with E-state index in [0.29, 0.717) is 16.7 Å². The maximum Gasteiger partial charge on any atom is 0.412 e. The number of ether oxygens (including phenoxy) is 1. The number of piperazine rings is 1. The molecular weight excluding hydrogens is 624 g/mol. The van der Waals surface area contributed by atoms with Crippen molar-refractivity contribution in [3.8, 4) is 0 Å². The second kappa shape index (κ2) is 17.1. The van der Waals surface area contributed by atoms with Crippen LogP contribution in [0.3, 0.4) is 0 Å². The van der Waals surface area contributed by atoms with Crippen molar-refractivity contribution in [3.05, 3.63) is 70.8 Å². The van der Waals surface area contributed by atoms with Gasteiger partial charge in [0.05, 0.1) is 13.7 Å². The number of halogens is 1. The lowest BCUT2D eigenvalue weighted by Crippen LogP contribution is -2.60. The van der Waals surface area contributed by atoms with Gasteiger partial charge in [0.15, 0.2) is 0 Å². The van der Waals surface area contributed by atoms with E-state index >= 15 is 0 Å². The molecule has 8 N–H and O–H groups in total. The number of amidine groups is 2. The van der Waals surface area contributed by atoms with E-state index in [4.69, 9.17) is 16.6 Å². The summed E-state index contributed by atoms with van der Waals surface area (Å²) in [4.78, 5) is 76.5. The fourth-order valence-electron chi connectivity index (χ4n) is 4.51. The van der Waals surface area contributed by atoms with E-state index in [9.17, 15) is 33.9 Å². The number of rotatable bonds is 12. The summed E-state index contributed by atoms with van der Waals surface area (Å²) >= 11 is 0. The molecule has 0 radical (unpaired) electrons. The van der Waals surface area contributed by atoms with Gasteiger partial charge in [0, 0.05) is 41.9 Å². The maximum absolute atomic E-state index is 13.2. The molecule has 16 nitrogen and oxygen atoms in total. The van der Waals surface area contributed by atoms with E-state index in [1.54, 1.807) is 12.1 Å². The first kappa shape index (κ1) is 36.7. The number of nitrogens with zero attached hydrogens (tertiary/aromatic N) is 2. The molecule has 1 heterocycles. The fraction of sp³-hybridized carbons (Fsp3) is 0.310. The fourth-order valence-corrected chi connectivity index (χ4v) is 4.51. The third-order valence-electron chi connectivity index (χ3n) is 6.88. The van der Waals surface area contributed by atoms with E-state index in [1.165, 1.54) is 41.3 Å². The third-order valence-corrected chi connectivity index (χ3v) is 6.88. The molecule has 1 atom stereocenters. The van der Waals surface area contributed by atoms with Gasteiger partial charge in [-0.15, -0.1) is 12.4 Å². The Morgan fingerprint density at radius 3 is 2.00 bits per heavy atom. The number of carboxylic acid groups (broad SMARTS) is 1. The van der Waals surface area contributed by atoms with Crippen LogP contribution in [0.2, 0.25) is 0 Å². The molecule has 0 saturated carbocycles. The van der Waals surface area contributed by atoms with Crippen LogP contribution in [0.1, 0.15) is 44.7 Å². The largest absolute Gasteiger partial charge is 0.480 e. The lowest BCUT2D eigenvalue weighted by molar-refractivity contribution is -0.155. The molecule has 0 aromatic heterocycles. The quantitative estimate of drug-likeness (QED) is 0.0929. The number of amides is 5.